The number of aromatic nitrogens is 2. The first-order chi connectivity index (χ1) is 14.0. The molecule has 1 aromatic heterocycles. The number of rotatable bonds is 9. The van der Waals surface area contributed by atoms with Gasteiger partial charge in [0.1, 0.15) is 5.82 Å². The summed E-state index contributed by atoms with van der Waals surface area (Å²) in [7, 11) is 0. The number of hydrogen-bond acceptors (Lipinski definition) is 6. The van der Waals surface area contributed by atoms with Crippen molar-refractivity contribution in [3.8, 4) is 0 Å². The highest BCUT2D eigenvalue weighted by atomic mass is 15.3. The number of hydrazone groups is 1. The molecule has 0 amide bonds. The summed E-state index contributed by atoms with van der Waals surface area (Å²) in [6, 6.07) is 6.16. The summed E-state index contributed by atoms with van der Waals surface area (Å²) >= 11 is 0. The molecule has 1 aromatic carbocycles. The van der Waals surface area contributed by atoms with Crippen molar-refractivity contribution in [3.63, 3.8) is 0 Å². The van der Waals surface area contributed by atoms with E-state index < -0.39 is 0 Å². The molecule has 2 aromatic rings. The van der Waals surface area contributed by atoms with Gasteiger partial charge >= 0.3 is 0 Å². The molecule has 0 atom stereocenters. The molecular formula is C23H32N6. The third-order valence-corrected chi connectivity index (χ3v) is 3.75. The molecule has 0 bridgehead atoms. The largest absolute Gasteiger partial charge is 0.340 e. The first-order valence-electron chi connectivity index (χ1n) is 9.57. The highest BCUT2D eigenvalue weighted by Crippen LogP contribution is 2.25. The SMILES string of the molecule is C=C/C=C/Nc1nccc(Nc2c(C)cc(C)cc2C)n1.C=NNC/C=C\CC. The van der Waals surface area contributed by atoms with Gasteiger partial charge < -0.3 is 16.1 Å². The van der Waals surface area contributed by atoms with E-state index in [4.69, 9.17) is 0 Å². The van der Waals surface area contributed by atoms with E-state index in [9.17, 15) is 0 Å². The second-order valence-corrected chi connectivity index (χ2v) is 6.30. The quantitative estimate of drug-likeness (QED) is 0.175. The molecule has 0 saturated heterocycles. The van der Waals surface area contributed by atoms with Crippen molar-refractivity contribution in [2.45, 2.75) is 34.1 Å². The van der Waals surface area contributed by atoms with E-state index in [1.54, 1.807) is 24.5 Å². The van der Waals surface area contributed by atoms with E-state index in [0.29, 0.717) is 5.95 Å². The number of hydrogen-bond donors (Lipinski definition) is 3. The van der Waals surface area contributed by atoms with Gasteiger partial charge in [-0.1, -0.05) is 49.4 Å². The first-order valence-corrected chi connectivity index (χ1v) is 9.57. The molecule has 6 heteroatoms. The lowest BCUT2D eigenvalue weighted by Gasteiger charge is -2.13. The zero-order chi connectivity index (χ0) is 21.5. The molecule has 0 aliphatic rings. The Kier molecular flexibility index (Phi) is 11.2. The van der Waals surface area contributed by atoms with Crippen molar-refractivity contribution < 1.29 is 0 Å². The van der Waals surface area contributed by atoms with Crippen molar-refractivity contribution in [2.75, 3.05) is 17.2 Å². The van der Waals surface area contributed by atoms with Gasteiger partial charge in [-0.2, -0.15) is 10.1 Å². The molecule has 2 rings (SSSR count). The minimum absolute atomic E-state index is 0.542. The van der Waals surface area contributed by atoms with Crippen LogP contribution < -0.4 is 16.1 Å². The fraction of sp³-hybridized carbons (Fsp3) is 0.261. The van der Waals surface area contributed by atoms with Crippen LogP contribution in [0.5, 0.6) is 0 Å². The Morgan fingerprint density at radius 2 is 1.86 bits per heavy atom. The van der Waals surface area contributed by atoms with E-state index >= 15 is 0 Å². The fourth-order valence-corrected chi connectivity index (χ4v) is 2.56. The van der Waals surface area contributed by atoms with Gasteiger partial charge in [0.2, 0.25) is 5.95 Å². The Labute approximate surface area is 174 Å². The lowest BCUT2D eigenvalue weighted by molar-refractivity contribution is 0.832. The maximum absolute atomic E-state index is 4.43. The van der Waals surface area contributed by atoms with Crippen LogP contribution in [-0.2, 0) is 0 Å². The van der Waals surface area contributed by atoms with Crippen molar-refractivity contribution >= 4 is 24.2 Å². The first kappa shape index (κ1) is 23.6. The Bertz CT molecular complexity index is 816. The van der Waals surface area contributed by atoms with Crippen LogP contribution in [0.4, 0.5) is 17.5 Å². The van der Waals surface area contributed by atoms with E-state index in [0.717, 1.165) is 24.5 Å². The Balaban J connectivity index is 0.000000447. The van der Waals surface area contributed by atoms with Crippen LogP contribution in [0.25, 0.3) is 0 Å². The van der Waals surface area contributed by atoms with Crippen LogP contribution in [0.2, 0.25) is 0 Å². The third kappa shape index (κ3) is 9.37. The van der Waals surface area contributed by atoms with Crippen LogP contribution in [0.1, 0.15) is 30.0 Å². The average Bonchev–Trinajstić information content (AvgIpc) is 2.69. The van der Waals surface area contributed by atoms with Crippen molar-refractivity contribution in [1.29, 1.82) is 0 Å². The smallest absolute Gasteiger partial charge is 0.228 e. The van der Waals surface area contributed by atoms with Crippen molar-refractivity contribution in [3.05, 3.63) is 78.2 Å². The summed E-state index contributed by atoms with van der Waals surface area (Å²) in [4.78, 5) is 8.59. The second-order valence-electron chi connectivity index (χ2n) is 6.30. The van der Waals surface area contributed by atoms with Gasteiger partial charge in [-0.25, -0.2) is 4.98 Å². The normalized spacial score (nSPS) is 10.3. The average molecular weight is 393 g/mol. The van der Waals surface area contributed by atoms with Crippen LogP contribution in [0.15, 0.2) is 66.6 Å². The monoisotopic (exact) mass is 392 g/mol. The molecule has 6 nitrogen and oxygen atoms in total. The van der Waals surface area contributed by atoms with E-state index in [1.807, 2.05) is 12.1 Å². The van der Waals surface area contributed by atoms with Crippen LogP contribution in [0, 0.1) is 20.8 Å². The minimum Gasteiger partial charge on any atom is -0.340 e. The zero-order valence-corrected chi connectivity index (χ0v) is 17.9. The molecular weight excluding hydrogens is 360 g/mol. The van der Waals surface area contributed by atoms with Crippen LogP contribution in [-0.4, -0.2) is 23.2 Å². The number of allylic oxidation sites excluding steroid dienone is 3. The number of anilines is 3. The molecule has 0 aliphatic heterocycles. The second kappa shape index (κ2) is 13.7. The summed E-state index contributed by atoms with van der Waals surface area (Å²) in [5, 5.41) is 9.82. The molecule has 0 saturated carbocycles. The molecule has 3 N–H and O–H groups in total. The summed E-state index contributed by atoms with van der Waals surface area (Å²) in [5.41, 5.74) is 7.46. The predicted octanol–water partition coefficient (Wildman–Crippen LogP) is 5.41. The Morgan fingerprint density at radius 3 is 2.48 bits per heavy atom. The summed E-state index contributed by atoms with van der Waals surface area (Å²) in [6.07, 6.45) is 12.1. The molecule has 0 radical (unpaired) electrons. The molecule has 29 heavy (non-hydrogen) atoms. The lowest BCUT2D eigenvalue weighted by atomic mass is 10.1. The maximum Gasteiger partial charge on any atom is 0.228 e. The van der Waals surface area contributed by atoms with Crippen LogP contribution in [0.3, 0.4) is 0 Å². The summed E-state index contributed by atoms with van der Waals surface area (Å²) < 4.78 is 0. The summed E-state index contributed by atoms with van der Waals surface area (Å²) in [6.45, 7) is 16.0. The molecule has 0 unspecified atom stereocenters. The van der Waals surface area contributed by atoms with Gasteiger partial charge in [-0.15, -0.1) is 0 Å². The summed E-state index contributed by atoms with van der Waals surface area (Å²) in [5.74, 6) is 1.30. The van der Waals surface area contributed by atoms with Crippen molar-refractivity contribution in [1.82, 2.24) is 15.4 Å². The van der Waals surface area contributed by atoms with Gasteiger partial charge in [0.25, 0.3) is 0 Å². The lowest BCUT2D eigenvalue weighted by Crippen LogP contribution is -2.02. The predicted molar refractivity (Wildman–Crippen MR) is 126 cm³/mol. The van der Waals surface area contributed by atoms with Gasteiger partial charge in [0, 0.05) is 24.8 Å². The molecule has 0 spiro atoms. The van der Waals surface area contributed by atoms with Gasteiger partial charge in [-0.3, -0.25) is 0 Å². The highest BCUT2D eigenvalue weighted by Gasteiger charge is 2.05. The van der Waals surface area contributed by atoms with E-state index in [-0.39, 0.29) is 0 Å². The minimum atomic E-state index is 0.542. The van der Waals surface area contributed by atoms with Gasteiger partial charge in [0.05, 0.1) is 6.54 Å². The number of benzene rings is 1. The van der Waals surface area contributed by atoms with Gasteiger partial charge in [-0.05, 0) is 50.5 Å². The molecule has 154 valence electrons. The maximum atomic E-state index is 4.43. The number of nitrogens with one attached hydrogen (secondary N) is 3. The number of aryl methyl sites for hydroxylation is 3. The Morgan fingerprint density at radius 1 is 1.14 bits per heavy atom. The zero-order valence-electron chi connectivity index (χ0n) is 17.9. The van der Waals surface area contributed by atoms with E-state index in [1.165, 1.54) is 16.7 Å². The van der Waals surface area contributed by atoms with Crippen molar-refractivity contribution in [2.24, 2.45) is 5.10 Å². The Hall–Kier alpha value is -3.41. The molecule has 1 heterocycles. The topological polar surface area (TPSA) is 74.2 Å². The fourth-order valence-electron chi connectivity index (χ4n) is 2.56. The number of nitrogens with zero attached hydrogens (tertiary/aromatic N) is 3. The van der Waals surface area contributed by atoms with Gasteiger partial charge in [0.15, 0.2) is 0 Å². The molecule has 0 fully saturated rings. The third-order valence-electron chi connectivity index (χ3n) is 3.75. The van der Waals surface area contributed by atoms with Crippen LogP contribution >= 0.6 is 0 Å². The molecule has 0 aliphatic carbocycles. The standard InChI is InChI=1S/C17H20N4.C6H12N2/c1-5-6-8-18-17-19-9-7-15(21-17)20-16-13(3)10-12(2)11-14(16)4;1-3-4-5-6-8-7-2/h5-11H,1H2,2-4H3,(H2,18,19,20,21);4-5,8H,2-3,6H2,1H3/b8-6+;5-4-. The highest BCUT2D eigenvalue weighted by molar-refractivity contribution is 5.65. The van der Waals surface area contributed by atoms with E-state index in [2.05, 4.69) is 90.3 Å².